The molecule has 1 unspecified atom stereocenters. The van der Waals surface area contributed by atoms with Crippen molar-refractivity contribution in [2.45, 2.75) is 283 Å². The van der Waals surface area contributed by atoms with Gasteiger partial charge in [0.15, 0.2) is 0 Å². The van der Waals surface area contributed by atoms with Crippen LogP contribution in [0.4, 0.5) is 0 Å². The van der Waals surface area contributed by atoms with Crippen molar-refractivity contribution in [3.63, 3.8) is 0 Å². The van der Waals surface area contributed by atoms with E-state index in [0.717, 1.165) is 19.3 Å². The van der Waals surface area contributed by atoms with Crippen LogP contribution in [0.25, 0.3) is 0 Å². The van der Waals surface area contributed by atoms with Gasteiger partial charge in [0, 0.05) is 13.0 Å². The van der Waals surface area contributed by atoms with Crippen molar-refractivity contribution in [2.24, 2.45) is 0 Å². The van der Waals surface area contributed by atoms with Gasteiger partial charge >= 0.3 is 5.97 Å². The average Bonchev–Trinajstić information content (AvgIpc) is 3.15. The molecular formula is C48H96O4. The SMILES string of the molecule is CCCCCCCCCCCCCCCCCCCCCCCCCCCOCC(CO)OC(=O)CCCCCCCCCCCCCCCCC. The summed E-state index contributed by atoms with van der Waals surface area (Å²) in [7, 11) is 0. The third kappa shape index (κ3) is 43.8. The van der Waals surface area contributed by atoms with Gasteiger partial charge in [0.25, 0.3) is 0 Å². The molecule has 0 aromatic carbocycles. The first-order chi connectivity index (χ1) is 25.7. The van der Waals surface area contributed by atoms with E-state index < -0.39 is 6.10 Å². The molecule has 1 atom stereocenters. The summed E-state index contributed by atoms with van der Waals surface area (Å²) in [6, 6.07) is 0. The predicted molar refractivity (Wildman–Crippen MR) is 228 cm³/mol. The van der Waals surface area contributed by atoms with Crippen molar-refractivity contribution < 1.29 is 19.4 Å². The Hall–Kier alpha value is -0.610. The van der Waals surface area contributed by atoms with Gasteiger partial charge in [0.1, 0.15) is 6.10 Å². The highest BCUT2D eigenvalue weighted by atomic mass is 16.6. The van der Waals surface area contributed by atoms with E-state index in [2.05, 4.69) is 13.8 Å². The molecule has 0 aliphatic carbocycles. The highest BCUT2D eigenvalue weighted by Crippen LogP contribution is 2.17. The molecule has 0 aliphatic heterocycles. The number of carbonyl (C=O) groups is 1. The maximum absolute atomic E-state index is 12.2. The van der Waals surface area contributed by atoms with Crippen LogP contribution < -0.4 is 0 Å². The molecule has 0 rings (SSSR count). The molecular weight excluding hydrogens is 641 g/mol. The van der Waals surface area contributed by atoms with E-state index in [9.17, 15) is 9.90 Å². The monoisotopic (exact) mass is 737 g/mol. The van der Waals surface area contributed by atoms with E-state index in [1.807, 2.05) is 0 Å². The molecule has 4 heteroatoms. The lowest BCUT2D eigenvalue weighted by atomic mass is 10.0. The summed E-state index contributed by atoms with van der Waals surface area (Å²) in [5, 5.41) is 9.62. The zero-order chi connectivity index (χ0) is 37.7. The first kappa shape index (κ1) is 51.4. The van der Waals surface area contributed by atoms with Crippen LogP contribution >= 0.6 is 0 Å². The summed E-state index contributed by atoms with van der Waals surface area (Å²) in [6.07, 6.45) is 54.8. The van der Waals surface area contributed by atoms with Gasteiger partial charge in [0.2, 0.25) is 0 Å². The Labute approximate surface area is 327 Å². The molecule has 312 valence electrons. The first-order valence-electron chi connectivity index (χ1n) is 24.1. The van der Waals surface area contributed by atoms with Gasteiger partial charge in [-0.25, -0.2) is 0 Å². The predicted octanol–water partition coefficient (Wildman–Crippen LogP) is 15.9. The normalized spacial score (nSPS) is 12.1. The zero-order valence-corrected chi connectivity index (χ0v) is 35.9. The second-order valence-electron chi connectivity index (χ2n) is 16.6. The van der Waals surface area contributed by atoms with E-state index in [1.54, 1.807) is 0 Å². The van der Waals surface area contributed by atoms with Crippen LogP contribution in [0.5, 0.6) is 0 Å². The van der Waals surface area contributed by atoms with E-state index in [4.69, 9.17) is 9.47 Å². The number of aliphatic hydroxyl groups is 1. The number of carbonyl (C=O) groups excluding carboxylic acids is 1. The summed E-state index contributed by atoms with van der Waals surface area (Å²) >= 11 is 0. The van der Waals surface area contributed by atoms with Crippen LogP contribution in [0.3, 0.4) is 0 Å². The standard InChI is InChI=1S/C48H96O4/c1-3-5-7-9-11-13-15-17-19-20-21-22-23-24-25-26-27-28-30-32-34-36-38-40-42-44-51-46-47(45-49)52-48(50)43-41-39-37-35-33-31-29-18-16-14-12-10-8-6-4-2/h47,49H,3-46H2,1-2H3. The van der Waals surface area contributed by atoms with Crippen molar-refractivity contribution in [3.8, 4) is 0 Å². The van der Waals surface area contributed by atoms with Crippen LogP contribution in [-0.2, 0) is 14.3 Å². The largest absolute Gasteiger partial charge is 0.457 e. The topological polar surface area (TPSA) is 55.8 Å². The van der Waals surface area contributed by atoms with Crippen LogP contribution in [0.1, 0.15) is 277 Å². The first-order valence-corrected chi connectivity index (χ1v) is 24.1. The van der Waals surface area contributed by atoms with Crippen molar-refractivity contribution in [2.75, 3.05) is 19.8 Å². The number of aliphatic hydroxyl groups excluding tert-OH is 1. The molecule has 0 heterocycles. The van der Waals surface area contributed by atoms with E-state index in [1.165, 1.54) is 238 Å². The number of ether oxygens (including phenoxy) is 2. The smallest absolute Gasteiger partial charge is 0.306 e. The molecule has 1 N–H and O–H groups in total. The third-order valence-electron chi connectivity index (χ3n) is 11.2. The number of hydrogen-bond donors (Lipinski definition) is 1. The Bertz CT molecular complexity index is 652. The lowest BCUT2D eigenvalue weighted by Gasteiger charge is -2.16. The second kappa shape index (κ2) is 46.5. The second-order valence-corrected chi connectivity index (χ2v) is 16.6. The maximum atomic E-state index is 12.2. The molecule has 4 nitrogen and oxygen atoms in total. The molecule has 0 aliphatic rings. The molecule has 0 fully saturated rings. The minimum Gasteiger partial charge on any atom is -0.457 e. The van der Waals surface area contributed by atoms with E-state index in [0.29, 0.717) is 19.6 Å². The molecule has 0 aromatic heterocycles. The van der Waals surface area contributed by atoms with Crippen molar-refractivity contribution in [1.82, 2.24) is 0 Å². The van der Waals surface area contributed by atoms with Crippen LogP contribution in [0, 0.1) is 0 Å². The van der Waals surface area contributed by atoms with Gasteiger partial charge in [0.05, 0.1) is 13.2 Å². The van der Waals surface area contributed by atoms with Gasteiger partial charge in [-0.1, -0.05) is 258 Å². The van der Waals surface area contributed by atoms with Crippen LogP contribution in [0.15, 0.2) is 0 Å². The maximum Gasteiger partial charge on any atom is 0.306 e. The summed E-state index contributed by atoms with van der Waals surface area (Å²) in [4.78, 5) is 12.2. The van der Waals surface area contributed by atoms with Crippen molar-refractivity contribution >= 4 is 5.97 Å². The molecule has 0 aromatic rings. The Morgan fingerprint density at radius 3 is 0.904 bits per heavy atom. The lowest BCUT2D eigenvalue weighted by Crippen LogP contribution is -2.27. The van der Waals surface area contributed by atoms with Gasteiger partial charge < -0.3 is 14.6 Å². The summed E-state index contributed by atoms with van der Waals surface area (Å²) in [5.41, 5.74) is 0. The fourth-order valence-corrected chi connectivity index (χ4v) is 7.57. The fraction of sp³-hybridized carbons (Fsp3) is 0.979. The summed E-state index contributed by atoms with van der Waals surface area (Å²) in [6.45, 7) is 5.41. The number of rotatable bonds is 46. The summed E-state index contributed by atoms with van der Waals surface area (Å²) < 4.78 is 11.2. The van der Waals surface area contributed by atoms with Gasteiger partial charge in [-0.3, -0.25) is 4.79 Å². The highest BCUT2D eigenvalue weighted by molar-refractivity contribution is 5.69. The third-order valence-corrected chi connectivity index (χ3v) is 11.2. The van der Waals surface area contributed by atoms with Gasteiger partial charge in [-0.2, -0.15) is 0 Å². The molecule has 52 heavy (non-hydrogen) atoms. The minimum absolute atomic E-state index is 0.163. The fourth-order valence-electron chi connectivity index (χ4n) is 7.57. The van der Waals surface area contributed by atoms with Crippen molar-refractivity contribution in [3.05, 3.63) is 0 Å². The van der Waals surface area contributed by atoms with Crippen molar-refractivity contribution in [1.29, 1.82) is 0 Å². The Kier molecular flexibility index (Phi) is 46.0. The molecule has 0 saturated carbocycles. The molecule has 0 saturated heterocycles. The lowest BCUT2D eigenvalue weighted by molar-refractivity contribution is -0.154. The molecule has 0 spiro atoms. The van der Waals surface area contributed by atoms with Crippen LogP contribution in [0.2, 0.25) is 0 Å². The Morgan fingerprint density at radius 2 is 0.635 bits per heavy atom. The average molecular weight is 737 g/mol. The highest BCUT2D eigenvalue weighted by Gasteiger charge is 2.13. The quantitative estimate of drug-likeness (QED) is 0.0499. The number of esters is 1. The van der Waals surface area contributed by atoms with Gasteiger partial charge in [-0.05, 0) is 12.8 Å². The minimum atomic E-state index is -0.525. The zero-order valence-electron chi connectivity index (χ0n) is 35.9. The Morgan fingerprint density at radius 1 is 0.385 bits per heavy atom. The Balaban J connectivity index is 3.31. The number of hydrogen-bond acceptors (Lipinski definition) is 4. The van der Waals surface area contributed by atoms with Gasteiger partial charge in [-0.15, -0.1) is 0 Å². The van der Waals surface area contributed by atoms with E-state index in [-0.39, 0.29) is 12.6 Å². The van der Waals surface area contributed by atoms with Crippen LogP contribution in [-0.4, -0.2) is 37.0 Å². The van der Waals surface area contributed by atoms with E-state index >= 15 is 0 Å². The molecule has 0 radical (unpaired) electrons. The molecule has 0 bridgehead atoms. The molecule has 0 amide bonds. The number of unbranched alkanes of at least 4 members (excludes halogenated alkanes) is 38. The summed E-state index contributed by atoms with van der Waals surface area (Å²) in [5.74, 6) is -0.192.